The minimum Gasteiger partial charge on any atom is -0.481 e. The minimum atomic E-state index is -1.02. The number of aliphatic carboxylic acids is 1. The monoisotopic (exact) mass is 275 g/mol. The summed E-state index contributed by atoms with van der Waals surface area (Å²) in [6, 6.07) is 7.54. The molecule has 0 aromatic heterocycles. The average molecular weight is 275 g/mol. The summed E-state index contributed by atoms with van der Waals surface area (Å²) in [5.74, 6) is -0.972. The van der Waals surface area contributed by atoms with Crippen LogP contribution in [0, 0.1) is 5.41 Å². The second-order valence-electron chi connectivity index (χ2n) is 6.35. The summed E-state index contributed by atoms with van der Waals surface area (Å²) in [6.45, 7) is 7.55. The smallest absolute Gasteiger partial charge is 0.311 e. The highest BCUT2D eigenvalue weighted by atomic mass is 16.4. The van der Waals surface area contributed by atoms with Crippen LogP contribution in [0.25, 0.3) is 0 Å². The zero-order valence-corrected chi connectivity index (χ0v) is 12.4. The van der Waals surface area contributed by atoms with E-state index in [1.807, 2.05) is 38.1 Å². The van der Waals surface area contributed by atoms with Gasteiger partial charge in [0.05, 0.1) is 11.0 Å². The molecule has 108 valence electrons. The molecule has 1 aliphatic heterocycles. The Balaban J connectivity index is 2.41. The van der Waals surface area contributed by atoms with E-state index in [0.29, 0.717) is 12.1 Å². The van der Waals surface area contributed by atoms with Gasteiger partial charge in [-0.3, -0.25) is 9.59 Å². The maximum Gasteiger partial charge on any atom is 0.311 e. The number of fused-ring (bicyclic) bond motifs is 1. The van der Waals surface area contributed by atoms with Gasteiger partial charge in [0.2, 0.25) is 0 Å². The van der Waals surface area contributed by atoms with Crippen molar-refractivity contribution >= 4 is 11.9 Å². The summed E-state index contributed by atoms with van der Waals surface area (Å²) in [7, 11) is 0. The zero-order valence-electron chi connectivity index (χ0n) is 12.4. The summed E-state index contributed by atoms with van der Waals surface area (Å²) >= 11 is 0. The molecule has 0 radical (unpaired) electrons. The number of carbonyl (C=O) groups excluding carboxylic acids is 1. The fourth-order valence-electron chi connectivity index (χ4n) is 2.56. The summed E-state index contributed by atoms with van der Waals surface area (Å²) in [5, 5.41) is 9.45. The maximum atomic E-state index is 12.7. The van der Waals surface area contributed by atoms with Crippen LogP contribution in [0.1, 0.15) is 43.6 Å². The fourth-order valence-corrected chi connectivity index (χ4v) is 2.56. The zero-order chi connectivity index (χ0) is 15.1. The summed E-state index contributed by atoms with van der Waals surface area (Å²) in [6.07, 6.45) is 0.765. The molecular formula is C16H21NO3. The molecule has 1 aromatic rings. The molecule has 20 heavy (non-hydrogen) atoms. The molecule has 0 fully saturated rings. The van der Waals surface area contributed by atoms with Crippen molar-refractivity contribution in [3.05, 3.63) is 35.4 Å². The molecule has 0 aliphatic carbocycles. The molecule has 0 saturated carbocycles. The van der Waals surface area contributed by atoms with Gasteiger partial charge in [-0.1, -0.05) is 18.2 Å². The van der Waals surface area contributed by atoms with Crippen molar-refractivity contribution in [2.24, 2.45) is 5.41 Å². The van der Waals surface area contributed by atoms with Crippen molar-refractivity contribution in [1.82, 2.24) is 4.90 Å². The summed E-state index contributed by atoms with van der Waals surface area (Å²) < 4.78 is 0. The second-order valence-corrected chi connectivity index (χ2v) is 6.35. The van der Waals surface area contributed by atoms with Crippen LogP contribution in [0.4, 0.5) is 0 Å². The first-order valence-corrected chi connectivity index (χ1v) is 6.83. The third-order valence-electron chi connectivity index (χ3n) is 4.84. The van der Waals surface area contributed by atoms with Gasteiger partial charge in [-0.2, -0.15) is 0 Å². The molecule has 1 N–H and O–H groups in total. The topological polar surface area (TPSA) is 57.6 Å². The molecule has 1 aliphatic rings. The van der Waals surface area contributed by atoms with E-state index < -0.39 is 16.9 Å². The highest BCUT2D eigenvalue weighted by molar-refractivity contribution is 5.97. The number of nitrogens with zero attached hydrogens (tertiary/aromatic N) is 1. The minimum absolute atomic E-state index is 0.0776. The van der Waals surface area contributed by atoms with Crippen LogP contribution in [-0.4, -0.2) is 34.0 Å². The molecular weight excluding hydrogens is 254 g/mol. The molecule has 0 saturated heterocycles. The molecule has 0 unspecified atom stereocenters. The molecule has 2 rings (SSSR count). The van der Waals surface area contributed by atoms with Crippen LogP contribution < -0.4 is 0 Å². The van der Waals surface area contributed by atoms with Crippen molar-refractivity contribution in [3.63, 3.8) is 0 Å². The van der Waals surface area contributed by atoms with Gasteiger partial charge in [0, 0.05) is 12.1 Å². The average Bonchev–Trinajstić information content (AvgIpc) is 2.38. The Morgan fingerprint density at radius 3 is 2.40 bits per heavy atom. The molecule has 1 heterocycles. The SMILES string of the molecule is CC(C)(C(=O)O)C(C)(C)N1CCc2ccccc2C1=O. The lowest BCUT2D eigenvalue weighted by Crippen LogP contribution is -2.60. The largest absolute Gasteiger partial charge is 0.481 e. The molecule has 0 atom stereocenters. The highest BCUT2D eigenvalue weighted by Crippen LogP contribution is 2.38. The lowest BCUT2D eigenvalue weighted by Gasteiger charge is -2.48. The third-order valence-corrected chi connectivity index (χ3v) is 4.84. The van der Waals surface area contributed by atoms with Crippen molar-refractivity contribution in [2.45, 2.75) is 39.7 Å². The van der Waals surface area contributed by atoms with E-state index >= 15 is 0 Å². The standard InChI is InChI=1S/C16H21NO3/c1-15(2,14(19)20)16(3,4)17-10-9-11-7-5-6-8-12(11)13(17)18/h5-8H,9-10H2,1-4H3,(H,19,20). The quantitative estimate of drug-likeness (QED) is 0.922. The molecule has 0 bridgehead atoms. The van der Waals surface area contributed by atoms with Crippen LogP contribution in [-0.2, 0) is 11.2 Å². The highest BCUT2D eigenvalue weighted by Gasteiger charge is 2.49. The van der Waals surface area contributed by atoms with E-state index in [9.17, 15) is 14.7 Å². The van der Waals surface area contributed by atoms with E-state index in [0.717, 1.165) is 12.0 Å². The van der Waals surface area contributed by atoms with E-state index in [2.05, 4.69) is 0 Å². The number of carboxylic acid groups (broad SMARTS) is 1. The van der Waals surface area contributed by atoms with Crippen LogP contribution in [0.3, 0.4) is 0 Å². The molecule has 1 amide bonds. The molecule has 1 aromatic carbocycles. The van der Waals surface area contributed by atoms with Gasteiger partial charge in [0.25, 0.3) is 5.91 Å². The van der Waals surface area contributed by atoms with E-state index in [-0.39, 0.29) is 5.91 Å². The third kappa shape index (κ3) is 1.99. The van der Waals surface area contributed by atoms with E-state index in [4.69, 9.17) is 0 Å². The number of carboxylic acids is 1. The number of amides is 1. The number of hydrogen-bond donors (Lipinski definition) is 1. The maximum absolute atomic E-state index is 12.7. The number of hydrogen-bond acceptors (Lipinski definition) is 2. The Bertz CT molecular complexity index is 561. The van der Waals surface area contributed by atoms with Crippen LogP contribution >= 0.6 is 0 Å². The van der Waals surface area contributed by atoms with Gasteiger partial charge in [0.1, 0.15) is 0 Å². The predicted octanol–water partition coefficient (Wildman–Crippen LogP) is 2.57. The van der Waals surface area contributed by atoms with Crippen molar-refractivity contribution < 1.29 is 14.7 Å². The van der Waals surface area contributed by atoms with Gasteiger partial charge in [-0.05, 0) is 45.7 Å². The van der Waals surface area contributed by atoms with Gasteiger partial charge >= 0.3 is 5.97 Å². The lowest BCUT2D eigenvalue weighted by molar-refractivity contribution is -0.154. The Hall–Kier alpha value is -1.84. The number of carbonyl (C=O) groups is 2. The van der Waals surface area contributed by atoms with Gasteiger partial charge in [0.15, 0.2) is 0 Å². The first-order chi connectivity index (χ1) is 9.19. The van der Waals surface area contributed by atoms with Crippen molar-refractivity contribution in [2.75, 3.05) is 6.54 Å². The van der Waals surface area contributed by atoms with Gasteiger partial charge in [-0.25, -0.2) is 0 Å². The molecule has 4 heteroatoms. The Labute approximate surface area is 119 Å². The number of benzene rings is 1. The fraction of sp³-hybridized carbons (Fsp3) is 0.500. The van der Waals surface area contributed by atoms with Gasteiger partial charge < -0.3 is 10.0 Å². The Kier molecular flexibility index (Phi) is 3.36. The van der Waals surface area contributed by atoms with Crippen LogP contribution in [0.5, 0.6) is 0 Å². The number of rotatable bonds is 3. The van der Waals surface area contributed by atoms with Crippen molar-refractivity contribution in [3.8, 4) is 0 Å². The van der Waals surface area contributed by atoms with Gasteiger partial charge in [-0.15, -0.1) is 0 Å². The molecule has 0 spiro atoms. The summed E-state index contributed by atoms with van der Waals surface area (Å²) in [5.41, 5.74) is -0.0519. The van der Waals surface area contributed by atoms with E-state index in [1.54, 1.807) is 18.7 Å². The second kappa shape index (κ2) is 4.62. The van der Waals surface area contributed by atoms with Crippen LogP contribution in [0.2, 0.25) is 0 Å². The van der Waals surface area contributed by atoms with Crippen molar-refractivity contribution in [1.29, 1.82) is 0 Å². The normalized spacial score (nSPS) is 16.0. The van der Waals surface area contributed by atoms with E-state index in [1.165, 1.54) is 0 Å². The Morgan fingerprint density at radius 1 is 1.20 bits per heavy atom. The summed E-state index contributed by atoms with van der Waals surface area (Å²) in [4.78, 5) is 25.9. The lowest BCUT2D eigenvalue weighted by atomic mass is 9.72. The first kappa shape index (κ1) is 14.6. The first-order valence-electron chi connectivity index (χ1n) is 6.83. The molecule has 4 nitrogen and oxygen atoms in total. The predicted molar refractivity (Wildman–Crippen MR) is 76.7 cm³/mol. The van der Waals surface area contributed by atoms with Crippen LogP contribution in [0.15, 0.2) is 24.3 Å². The Morgan fingerprint density at radius 2 is 1.80 bits per heavy atom.